The van der Waals surface area contributed by atoms with Crippen LogP contribution in [0.15, 0.2) is 83.9 Å². The minimum atomic E-state index is -0.750. The van der Waals surface area contributed by atoms with Gasteiger partial charge in [-0.15, -0.1) is 0 Å². The normalized spacial score (nSPS) is 10.1. The Balaban J connectivity index is 1.66. The lowest BCUT2D eigenvalue weighted by molar-refractivity contribution is 0.141. The summed E-state index contributed by atoms with van der Waals surface area (Å²) in [5.41, 5.74) is 4.38. The summed E-state index contributed by atoms with van der Waals surface area (Å²) in [5.74, 6) is -0.0932. The van der Waals surface area contributed by atoms with Gasteiger partial charge in [-0.3, -0.25) is 10.6 Å². The van der Waals surface area contributed by atoms with Crippen LogP contribution in [0.5, 0.6) is 0 Å². The second kappa shape index (κ2) is 11.3. The van der Waals surface area contributed by atoms with E-state index in [-0.39, 0.29) is 19.2 Å². The molecule has 0 aliphatic carbocycles. The molecule has 0 unspecified atom stereocenters. The molecule has 3 rings (SSSR count). The number of carbonyl (C=O) groups is 2. The molecule has 164 valence electrons. The first-order chi connectivity index (χ1) is 15.5. The average molecular weight is 431 g/mol. The number of hydrogen-bond acceptors (Lipinski definition) is 5. The number of carbonyl (C=O) groups excluding carboxylic acids is 2. The number of benzene rings is 3. The molecule has 7 heteroatoms. The highest BCUT2D eigenvalue weighted by molar-refractivity contribution is 6.02. The lowest BCUT2D eigenvalue weighted by Gasteiger charge is -2.12. The highest BCUT2D eigenvalue weighted by Crippen LogP contribution is 2.17. The number of aliphatic imine (C=N–C) groups is 1. The lowest BCUT2D eigenvalue weighted by atomic mass is 10.1. The number of rotatable bonds is 5. The Morgan fingerprint density at radius 3 is 1.69 bits per heavy atom. The van der Waals surface area contributed by atoms with E-state index in [1.807, 2.05) is 86.6 Å². The van der Waals surface area contributed by atoms with Gasteiger partial charge in [-0.05, 0) is 48.2 Å². The van der Waals surface area contributed by atoms with Crippen LogP contribution in [-0.4, -0.2) is 18.1 Å². The molecule has 0 spiro atoms. The minimum absolute atomic E-state index is 0.0854. The molecule has 2 amide bonds. The summed E-state index contributed by atoms with van der Waals surface area (Å²) in [5, 5.41) is 4.95. The van der Waals surface area contributed by atoms with Gasteiger partial charge >= 0.3 is 12.2 Å². The van der Waals surface area contributed by atoms with E-state index in [4.69, 9.17) is 9.47 Å². The van der Waals surface area contributed by atoms with Crippen molar-refractivity contribution in [3.8, 4) is 0 Å². The molecule has 0 aliphatic heterocycles. The predicted molar refractivity (Wildman–Crippen MR) is 123 cm³/mol. The Kier molecular flexibility index (Phi) is 7.97. The van der Waals surface area contributed by atoms with E-state index in [1.54, 1.807) is 6.07 Å². The van der Waals surface area contributed by atoms with Crippen LogP contribution >= 0.6 is 0 Å². The van der Waals surface area contributed by atoms with Gasteiger partial charge in [0.2, 0.25) is 5.96 Å². The zero-order valence-electron chi connectivity index (χ0n) is 18.0. The molecule has 0 radical (unpaired) electrons. The van der Waals surface area contributed by atoms with E-state index < -0.39 is 12.2 Å². The Hall–Kier alpha value is -4.13. The maximum Gasteiger partial charge on any atom is 0.414 e. The molecule has 0 heterocycles. The van der Waals surface area contributed by atoms with Crippen molar-refractivity contribution in [3.05, 3.63) is 101 Å². The number of hydrogen-bond donors (Lipinski definition) is 2. The third kappa shape index (κ3) is 7.28. The molecule has 3 aromatic carbocycles. The van der Waals surface area contributed by atoms with E-state index >= 15 is 0 Å². The number of alkyl carbamates (subject to hydrolysis) is 2. The lowest BCUT2D eigenvalue weighted by Crippen LogP contribution is -2.44. The highest BCUT2D eigenvalue weighted by Gasteiger charge is 2.13. The Bertz CT molecular complexity index is 1020. The molecule has 0 fully saturated rings. The van der Waals surface area contributed by atoms with Crippen LogP contribution in [0.1, 0.15) is 22.3 Å². The van der Waals surface area contributed by atoms with Crippen molar-refractivity contribution < 1.29 is 19.1 Å². The van der Waals surface area contributed by atoms with Crippen LogP contribution in [-0.2, 0) is 22.7 Å². The van der Waals surface area contributed by atoms with Gasteiger partial charge in [-0.1, -0.05) is 66.7 Å². The third-order valence-electron chi connectivity index (χ3n) is 4.60. The summed E-state index contributed by atoms with van der Waals surface area (Å²) in [6, 6.07) is 24.1. The predicted octanol–water partition coefficient (Wildman–Crippen LogP) is 5.14. The van der Waals surface area contributed by atoms with Gasteiger partial charge in [0.1, 0.15) is 13.2 Å². The molecule has 0 bridgehead atoms. The van der Waals surface area contributed by atoms with Crippen molar-refractivity contribution in [2.75, 3.05) is 0 Å². The van der Waals surface area contributed by atoms with Crippen molar-refractivity contribution in [2.45, 2.75) is 27.1 Å². The van der Waals surface area contributed by atoms with Gasteiger partial charge in [0.25, 0.3) is 0 Å². The fraction of sp³-hybridized carbons (Fsp3) is 0.160. The Morgan fingerprint density at radius 2 is 1.22 bits per heavy atom. The van der Waals surface area contributed by atoms with Gasteiger partial charge < -0.3 is 9.47 Å². The van der Waals surface area contributed by atoms with Crippen molar-refractivity contribution in [2.24, 2.45) is 4.99 Å². The maximum atomic E-state index is 12.3. The van der Waals surface area contributed by atoms with Gasteiger partial charge in [0, 0.05) is 0 Å². The second-order valence-corrected chi connectivity index (χ2v) is 7.10. The summed E-state index contributed by atoms with van der Waals surface area (Å²) in [7, 11) is 0. The largest absolute Gasteiger partial charge is 0.444 e. The molecular formula is C25H25N3O4. The van der Waals surface area contributed by atoms with Crippen LogP contribution in [0.4, 0.5) is 15.3 Å². The molecule has 3 aromatic rings. The highest BCUT2D eigenvalue weighted by atomic mass is 16.6. The summed E-state index contributed by atoms with van der Waals surface area (Å²) >= 11 is 0. The van der Waals surface area contributed by atoms with Gasteiger partial charge in [0.15, 0.2) is 0 Å². The molecule has 0 saturated carbocycles. The molecule has 0 saturated heterocycles. The van der Waals surface area contributed by atoms with E-state index in [9.17, 15) is 9.59 Å². The molecular weight excluding hydrogens is 406 g/mol. The minimum Gasteiger partial charge on any atom is -0.444 e. The SMILES string of the molecule is Cc1ccc(N=C(NC(=O)OCc2ccccc2)NC(=O)OCc2ccccc2)cc1C. The van der Waals surface area contributed by atoms with Gasteiger partial charge in [0.05, 0.1) is 5.69 Å². The van der Waals surface area contributed by atoms with Crippen molar-refractivity contribution in [1.29, 1.82) is 0 Å². The zero-order valence-corrected chi connectivity index (χ0v) is 18.0. The van der Waals surface area contributed by atoms with Crippen molar-refractivity contribution in [3.63, 3.8) is 0 Å². The van der Waals surface area contributed by atoms with Crippen LogP contribution in [0.3, 0.4) is 0 Å². The van der Waals surface area contributed by atoms with E-state index in [1.165, 1.54) is 0 Å². The fourth-order valence-corrected chi connectivity index (χ4v) is 2.72. The molecule has 0 atom stereocenters. The van der Waals surface area contributed by atoms with E-state index in [0.717, 1.165) is 22.3 Å². The smallest absolute Gasteiger partial charge is 0.414 e. The van der Waals surface area contributed by atoms with Crippen LogP contribution in [0, 0.1) is 13.8 Å². The van der Waals surface area contributed by atoms with E-state index in [0.29, 0.717) is 5.69 Å². The van der Waals surface area contributed by atoms with Crippen molar-refractivity contribution >= 4 is 23.8 Å². The molecule has 0 aromatic heterocycles. The summed E-state index contributed by atoms with van der Waals surface area (Å²) < 4.78 is 10.5. The van der Waals surface area contributed by atoms with Crippen molar-refractivity contribution in [1.82, 2.24) is 10.6 Å². The molecule has 0 aliphatic rings. The number of ether oxygens (including phenoxy) is 2. The standard InChI is InChI=1S/C25H25N3O4/c1-18-13-14-22(15-19(18)2)26-23(27-24(29)31-16-20-9-5-3-6-10-20)28-25(30)32-17-21-11-7-4-8-12-21/h3-15H,16-17H2,1-2H3,(H2,26,27,28,29,30). The van der Waals surface area contributed by atoms with Crippen LogP contribution < -0.4 is 10.6 Å². The fourth-order valence-electron chi connectivity index (χ4n) is 2.72. The molecule has 2 N–H and O–H groups in total. The summed E-state index contributed by atoms with van der Waals surface area (Å²) in [4.78, 5) is 28.9. The first-order valence-electron chi connectivity index (χ1n) is 10.1. The number of guanidine groups is 1. The van der Waals surface area contributed by atoms with Crippen LogP contribution in [0.2, 0.25) is 0 Å². The number of aryl methyl sites for hydroxylation is 2. The number of nitrogens with zero attached hydrogens (tertiary/aromatic N) is 1. The van der Waals surface area contributed by atoms with Gasteiger partial charge in [-0.2, -0.15) is 0 Å². The Labute approximate surface area is 187 Å². The Morgan fingerprint density at radius 1 is 0.719 bits per heavy atom. The monoisotopic (exact) mass is 431 g/mol. The van der Waals surface area contributed by atoms with Gasteiger partial charge in [-0.25, -0.2) is 14.6 Å². The van der Waals surface area contributed by atoms with E-state index in [2.05, 4.69) is 15.6 Å². The number of nitrogens with one attached hydrogen (secondary N) is 2. The second-order valence-electron chi connectivity index (χ2n) is 7.10. The first kappa shape index (κ1) is 22.6. The first-order valence-corrected chi connectivity index (χ1v) is 10.1. The molecule has 32 heavy (non-hydrogen) atoms. The zero-order chi connectivity index (χ0) is 22.8. The summed E-state index contributed by atoms with van der Waals surface area (Å²) in [6.45, 7) is 4.11. The molecule has 7 nitrogen and oxygen atoms in total. The average Bonchev–Trinajstić information content (AvgIpc) is 2.80. The number of amides is 2. The third-order valence-corrected chi connectivity index (χ3v) is 4.60. The quantitative estimate of drug-likeness (QED) is 0.432. The van der Waals surface area contributed by atoms with Crippen LogP contribution in [0.25, 0.3) is 0 Å². The topological polar surface area (TPSA) is 89.0 Å². The summed E-state index contributed by atoms with van der Waals surface area (Å²) in [6.07, 6.45) is -1.50. The maximum absolute atomic E-state index is 12.3.